The molecule has 0 aliphatic carbocycles. The highest BCUT2D eigenvalue weighted by atomic mass is 19.1. The summed E-state index contributed by atoms with van der Waals surface area (Å²) in [6.07, 6.45) is 11.1. The van der Waals surface area contributed by atoms with Crippen molar-refractivity contribution in [2.45, 2.75) is 51.6 Å². The van der Waals surface area contributed by atoms with Gasteiger partial charge in [0.05, 0.1) is 12.2 Å². The second-order valence-electron chi connectivity index (χ2n) is 13.5. The molecule has 2 aromatic heterocycles. The number of aromatic nitrogens is 3. The Labute approximate surface area is 276 Å². The minimum Gasteiger partial charge on any atom is -0.384 e. The number of H-pyrrole nitrogens is 1. The van der Waals surface area contributed by atoms with E-state index in [0.29, 0.717) is 24.6 Å². The highest BCUT2D eigenvalue weighted by Crippen LogP contribution is 2.42. The van der Waals surface area contributed by atoms with E-state index >= 15 is 4.39 Å². The summed E-state index contributed by atoms with van der Waals surface area (Å²) in [5.41, 5.74) is 12.8. The van der Waals surface area contributed by atoms with Gasteiger partial charge in [-0.05, 0) is 125 Å². The van der Waals surface area contributed by atoms with Crippen molar-refractivity contribution in [3.05, 3.63) is 106 Å². The molecule has 10 heteroatoms. The molecule has 1 atom stereocenters. The number of hydrogen-bond acceptors (Lipinski definition) is 8. The average molecular weight is 634 g/mol. The molecule has 2 aromatic carbocycles. The number of nitrogens with zero attached hydrogens (tertiary/aromatic N) is 5. The van der Waals surface area contributed by atoms with E-state index in [1.807, 2.05) is 32.7 Å². The van der Waals surface area contributed by atoms with Gasteiger partial charge in [0.2, 0.25) is 0 Å². The number of rotatable bonds is 9. The summed E-state index contributed by atoms with van der Waals surface area (Å²) < 4.78 is 15.1. The van der Waals surface area contributed by atoms with Crippen LogP contribution >= 0.6 is 0 Å². The molecule has 0 saturated carbocycles. The van der Waals surface area contributed by atoms with Gasteiger partial charge in [-0.25, -0.2) is 9.37 Å². The first-order valence-corrected chi connectivity index (χ1v) is 16.6. The number of aryl methyl sites for hydroxylation is 1. The predicted molar refractivity (Wildman–Crippen MR) is 187 cm³/mol. The molecule has 1 unspecified atom stereocenters. The number of pyridine rings is 1. The molecule has 47 heavy (non-hydrogen) atoms. The molecule has 5 heterocycles. The molecule has 0 bridgehead atoms. The Hall–Kier alpha value is -4.54. The molecule has 244 valence electrons. The number of imidazole rings is 1. The molecule has 0 amide bonds. The Bertz CT molecular complexity index is 1840. The average Bonchev–Trinajstić information content (AvgIpc) is 3.70. The van der Waals surface area contributed by atoms with Crippen molar-refractivity contribution in [1.82, 2.24) is 30.2 Å². The maximum Gasteiger partial charge on any atom is 0.161 e. The first kappa shape index (κ1) is 31.1. The number of likely N-dealkylation sites (tertiary alicyclic amines) is 1. The monoisotopic (exact) mass is 633 g/mol. The van der Waals surface area contributed by atoms with E-state index in [4.69, 9.17) is 10.1 Å². The summed E-state index contributed by atoms with van der Waals surface area (Å²) in [4.78, 5) is 17.9. The number of anilines is 2. The maximum absolute atomic E-state index is 15.1. The highest BCUT2D eigenvalue weighted by Gasteiger charge is 2.36. The predicted octanol–water partition coefficient (Wildman–Crippen LogP) is 5.98. The van der Waals surface area contributed by atoms with Gasteiger partial charge in [0.1, 0.15) is 11.5 Å². The number of halogens is 1. The van der Waals surface area contributed by atoms with Crippen molar-refractivity contribution in [1.29, 1.82) is 0 Å². The molecule has 9 nitrogen and oxygen atoms in total. The second-order valence-corrected chi connectivity index (χ2v) is 13.5. The smallest absolute Gasteiger partial charge is 0.161 e. The Kier molecular flexibility index (Phi) is 8.55. The van der Waals surface area contributed by atoms with Crippen LogP contribution in [-0.4, -0.2) is 70.7 Å². The van der Waals surface area contributed by atoms with Gasteiger partial charge in [-0.3, -0.25) is 9.88 Å². The van der Waals surface area contributed by atoms with Crippen molar-refractivity contribution >= 4 is 17.2 Å². The molecule has 4 N–H and O–H groups in total. The van der Waals surface area contributed by atoms with E-state index in [2.05, 4.69) is 80.0 Å². The fourth-order valence-electron chi connectivity index (χ4n) is 7.02. The number of likely N-dealkylation sites (N-methyl/N-ethyl adjacent to an activating group) is 1. The highest BCUT2D eigenvalue weighted by molar-refractivity contribution is 6.13. The van der Waals surface area contributed by atoms with Gasteiger partial charge in [0.15, 0.2) is 11.6 Å². The van der Waals surface area contributed by atoms with E-state index < -0.39 is 5.41 Å². The van der Waals surface area contributed by atoms with Gasteiger partial charge in [0, 0.05) is 54.3 Å². The van der Waals surface area contributed by atoms with Crippen LogP contribution in [0.1, 0.15) is 65.5 Å². The van der Waals surface area contributed by atoms with Crippen LogP contribution in [0.15, 0.2) is 66.2 Å². The van der Waals surface area contributed by atoms with Crippen molar-refractivity contribution < 1.29 is 4.39 Å². The Balaban J connectivity index is 1.24. The third-order valence-electron chi connectivity index (χ3n) is 9.67. The summed E-state index contributed by atoms with van der Waals surface area (Å²) in [7, 11) is 4.05. The van der Waals surface area contributed by atoms with Gasteiger partial charge in [-0.15, -0.1) is 0 Å². The van der Waals surface area contributed by atoms with Crippen molar-refractivity contribution in [2.24, 2.45) is 5.10 Å². The number of hydrazone groups is 1. The number of hydrogen-bond donors (Lipinski definition) is 4. The lowest BCUT2D eigenvalue weighted by atomic mass is 9.76. The zero-order valence-electron chi connectivity index (χ0n) is 27.8. The Morgan fingerprint density at radius 2 is 1.89 bits per heavy atom. The SMILES string of the molecule is Cc1cc(-c2cncc(CN3CCCC3)c2)cc2c1CNN=C2c1nc2c([nH]1)C(C)(c1cc(F)cc(NCCN(C)C)c1)CC=CN2. The molecule has 4 aromatic rings. The van der Waals surface area contributed by atoms with Gasteiger partial charge in [0.25, 0.3) is 0 Å². The van der Waals surface area contributed by atoms with Gasteiger partial charge in [-0.2, -0.15) is 5.10 Å². The summed E-state index contributed by atoms with van der Waals surface area (Å²) >= 11 is 0. The van der Waals surface area contributed by atoms with Crippen LogP contribution in [0, 0.1) is 12.7 Å². The number of fused-ring (bicyclic) bond motifs is 2. The van der Waals surface area contributed by atoms with Crippen LogP contribution in [0.4, 0.5) is 15.9 Å². The third kappa shape index (κ3) is 6.40. The minimum atomic E-state index is -0.564. The summed E-state index contributed by atoms with van der Waals surface area (Å²) in [5.74, 6) is 1.11. The molecule has 1 fully saturated rings. The lowest BCUT2D eigenvalue weighted by Crippen LogP contribution is -2.26. The molecular formula is C37H44FN9. The molecule has 0 spiro atoms. The van der Waals surface area contributed by atoms with Gasteiger partial charge >= 0.3 is 0 Å². The van der Waals surface area contributed by atoms with E-state index in [1.54, 1.807) is 12.1 Å². The normalized spacial score (nSPS) is 19.1. The zero-order valence-corrected chi connectivity index (χ0v) is 27.8. The number of aromatic amines is 1. The zero-order chi connectivity index (χ0) is 32.5. The lowest BCUT2D eigenvalue weighted by Gasteiger charge is -2.28. The fraction of sp³-hybridized carbons (Fsp3) is 0.378. The van der Waals surface area contributed by atoms with Crippen LogP contribution in [0.25, 0.3) is 11.1 Å². The maximum atomic E-state index is 15.1. The first-order chi connectivity index (χ1) is 22.8. The van der Waals surface area contributed by atoms with Crippen molar-refractivity contribution in [2.75, 3.05) is 50.9 Å². The van der Waals surface area contributed by atoms with Crippen LogP contribution in [0.2, 0.25) is 0 Å². The first-order valence-electron chi connectivity index (χ1n) is 16.6. The molecule has 7 rings (SSSR count). The summed E-state index contributed by atoms with van der Waals surface area (Å²) in [5, 5.41) is 11.6. The van der Waals surface area contributed by atoms with Crippen molar-refractivity contribution in [3.8, 4) is 11.1 Å². The van der Waals surface area contributed by atoms with Gasteiger partial charge < -0.3 is 25.9 Å². The van der Waals surface area contributed by atoms with Gasteiger partial charge in [-0.1, -0.05) is 12.1 Å². The largest absolute Gasteiger partial charge is 0.384 e. The quantitative estimate of drug-likeness (QED) is 0.180. The second kappa shape index (κ2) is 12.9. The summed E-state index contributed by atoms with van der Waals surface area (Å²) in [6, 6.07) is 12.0. The Morgan fingerprint density at radius 1 is 1.04 bits per heavy atom. The lowest BCUT2D eigenvalue weighted by molar-refractivity contribution is 0.331. The van der Waals surface area contributed by atoms with E-state index in [-0.39, 0.29) is 5.82 Å². The van der Waals surface area contributed by atoms with Crippen LogP contribution < -0.4 is 16.1 Å². The van der Waals surface area contributed by atoms with Crippen molar-refractivity contribution in [3.63, 3.8) is 0 Å². The summed E-state index contributed by atoms with van der Waals surface area (Å²) in [6.45, 7) is 9.75. The molecule has 0 radical (unpaired) electrons. The van der Waals surface area contributed by atoms with Crippen LogP contribution in [0.3, 0.4) is 0 Å². The topological polar surface area (TPSA) is 96.5 Å². The number of nitrogens with one attached hydrogen (secondary N) is 4. The van der Waals surface area contributed by atoms with Crippen LogP contribution in [0.5, 0.6) is 0 Å². The Morgan fingerprint density at radius 3 is 2.72 bits per heavy atom. The van der Waals surface area contributed by atoms with E-state index in [1.165, 1.54) is 29.5 Å². The molecule has 1 saturated heterocycles. The standard InChI is InChI=1S/C37H44FN9/c1-24-14-26(27-15-25(20-39-21-27)23-47-11-5-6-12-47)16-31-32(24)22-42-45-33(31)35-43-34-36(44-35)41-9-7-8-37(34,2)28-17-29(38)19-30(18-28)40-10-13-46(3)4/h7,9,14-21,40-42H,5-6,8,10-13,22-23H2,1-4H3,(H,43,44). The molecule has 3 aliphatic heterocycles. The van der Waals surface area contributed by atoms with E-state index in [0.717, 1.165) is 72.1 Å². The number of allylic oxidation sites excluding steroid dienone is 1. The third-order valence-corrected chi connectivity index (χ3v) is 9.67. The molecule has 3 aliphatic rings. The van der Waals surface area contributed by atoms with E-state index in [9.17, 15) is 0 Å². The minimum absolute atomic E-state index is 0.268. The fourth-order valence-corrected chi connectivity index (χ4v) is 7.02. The molecular weight excluding hydrogens is 589 g/mol. The van der Waals surface area contributed by atoms with Crippen LogP contribution in [-0.2, 0) is 18.5 Å². The number of benzene rings is 2.